The molecule has 1 rings (SSSR count). The molecule has 1 aliphatic carbocycles. The molecular weight excluding hydrogens is 204 g/mol. The molecule has 0 aromatic carbocycles. The van der Waals surface area contributed by atoms with Gasteiger partial charge in [0.15, 0.2) is 0 Å². The van der Waals surface area contributed by atoms with Crippen molar-refractivity contribution in [3.63, 3.8) is 0 Å². The monoisotopic (exact) mass is 230 g/mol. The Hall–Kier alpha value is 0.137. The van der Waals surface area contributed by atoms with Crippen LogP contribution in [0.4, 0.5) is 0 Å². The Labute approximate surface area is 96.2 Å². The highest BCUT2D eigenvalue weighted by Gasteiger charge is 2.60. The summed E-state index contributed by atoms with van der Waals surface area (Å²) in [4.78, 5) is 0. The average Bonchev–Trinajstić information content (AvgIpc) is 2.17. The fraction of sp³-hybridized carbons (Fsp3) is 1.00. The molecule has 0 aromatic rings. The molecule has 0 saturated heterocycles. The molecule has 2 nitrogen and oxygen atoms in total. The third-order valence-corrected chi connectivity index (χ3v) is 7.88. The molecular formula is C12H26O2Si. The van der Waals surface area contributed by atoms with Crippen molar-refractivity contribution in [2.45, 2.75) is 53.0 Å². The minimum absolute atomic E-state index is 0.304. The lowest BCUT2D eigenvalue weighted by atomic mass is 9.55. The van der Waals surface area contributed by atoms with E-state index >= 15 is 0 Å². The smallest absolute Gasteiger partial charge is 0.328 e. The second-order valence-electron chi connectivity index (χ2n) is 5.49. The Kier molecular flexibility index (Phi) is 4.01. The van der Waals surface area contributed by atoms with Crippen LogP contribution in [0.3, 0.4) is 0 Å². The van der Waals surface area contributed by atoms with Gasteiger partial charge in [0, 0.05) is 18.3 Å². The van der Waals surface area contributed by atoms with Gasteiger partial charge in [-0.1, -0.05) is 27.7 Å². The summed E-state index contributed by atoms with van der Waals surface area (Å²) < 4.78 is 11.8. The Bertz CT molecular complexity index is 212. The van der Waals surface area contributed by atoms with Gasteiger partial charge in [0.25, 0.3) is 0 Å². The highest BCUT2D eigenvalue weighted by Crippen LogP contribution is 2.67. The second kappa shape index (κ2) is 4.56. The number of rotatable bonds is 5. The normalized spacial score (nSPS) is 34.2. The van der Waals surface area contributed by atoms with Crippen molar-refractivity contribution in [3.8, 4) is 0 Å². The Morgan fingerprint density at radius 2 is 1.60 bits per heavy atom. The van der Waals surface area contributed by atoms with Crippen LogP contribution < -0.4 is 0 Å². The van der Waals surface area contributed by atoms with Crippen molar-refractivity contribution < 1.29 is 8.85 Å². The van der Waals surface area contributed by atoms with Gasteiger partial charge in [-0.2, -0.15) is 0 Å². The molecule has 0 aromatic heterocycles. The molecule has 1 fully saturated rings. The molecule has 2 atom stereocenters. The number of hydrogen-bond acceptors (Lipinski definition) is 2. The van der Waals surface area contributed by atoms with E-state index in [-0.39, 0.29) is 0 Å². The van der Waals surface area contributed by atoms with E-state index in [2.05, 4.69) is 41.5 Å². The predicted octanol–water partition coefficient (Wildman–Crippen LogP) is 3.11. The molecule has 0 aliphatic heterocycles. The van der Waals surface area contributed by atoms with Gasteiger partial charge in [-0.15, -0.1) is 0 Å². The quantitative estimate of drug-likeness (QED) is 0.676. The van der Waals surface area contributed by atoms with Crippen molar-refractivity contribution in [2.75, 3.05) is 13.2 Å². The molecule has 0 N–H and O–H groups in total. The SMILES string of the molecule is CCO[SiH](OCC)C1(C)CC(C)C1(C)C. The Morgan fingerprint density at radius 1 is 1.13 bits per heavy atom. The lowest BCUT2D eigenvalue weighted by Crippen LogP contribution is -2.57. The molecule has 90 valence electrons. The Balaban J connectivity index is 2.74. The zero-order valence-electron chi connectivity index (χ0n) is 11.1. The van der Waals surface area contributed by atoms with Gasteiger partial charge in [-0.25, -0.2) is 0 Å². The van der Waals surface area contributed by atoms with Gasteiger partial charge in [-0.05, 0) is 31.6 Å². The van der Waals surface area contributed by atoms with E-state index in [9.17, 15) is 0 Å². The molecule has 1 saturated carbocycles. The second-order valence-corrected chi connectivity index (χ2v) is 8.09. The van der Waals surface area contributed by atoms with Gasteiger partial charge < -0.3 is 8.85 Å². The fourth-order valence-corrected chi connectivity index (χ4v) is 5.58. The fourth-order valence-electron chi connectivity index (χ4n) is 2.70. The summed E-state index contributed by atoms with van der Waals surface area (Å²) in [5.74, 6) is 0.790. The summed E-state index contributed by atoms with van der Waals surface area (Å²) in [6.07, 6.45) is 1.26. The zero-order chi connectivity index (χ0) is 11.7. The van der Waals surface area contributed by atoms with Crippen LogP contribution >= 0.6 is 0 Å². The van der Waals surface area contributed by atoms with E-state index < -0.39 is 9.28 Å². The van der Waals surface area contributed by atoms with Gasteiger partial charge in [0.2, 0.25) is 0 Å². The lowest BCUT2D eigenvalue weighted by Gasteiger charge is -2.61. The van der Waals surface area contributed by atoms with E-state index in [1.54, 1.807) is 0 Å². The van der Waals surface area contributed by atoms with Crippen LogP contribution in [0, 0.1) is 11.3 Å². The third kappa shape index (κ3) is 2.02. The summed E-state index contributed by atoms with van der Waals surface area (Å²) in [5, 5.41) is 0.304. The maximum absolute atomic E-state index is 5.89. The van der Waals surface area contributed by atoms with Crippen molar-refractivity contribution in [3.05, 3.63) is 0 Å². The summed E-state index contributed by atoms with van der Waals surface area (Å²) in [6.45, 7) is 15.1. The number of hydrogen-bond donors (Lipinski definition) is 0. The van der Waals surface area contributed by atoms with E-state index in [1.165, 1.54) is 6.42 Å². The molecule has 15 heavy (non-hydrogen) atoms. The third-order valence-electron chi connectivity index (χ3n) is 4.59. The van der Waals surface area contributed by atoms with Gasteiger partial charge in [-0.3, -0.25) is 0 Å². The molecule has 0 radical (unpaired) electrons. The molecule has 2 unspecified atom stereocenters. The lowest BCUT2D eigenvalue weighted by molar-refractivity contribution is -0.0139. The van der Waals surface area contributed by atoms with Gasteiger partial charge in [0.1, 0.15) is 0 Å². The molecule has 0 bridgehead atoms. The van der Waals surface area contributed by atoms with Crippen LogP contribution in [0.25, 0.3) is 0 Å². The van der Waals surface area contributed by atoms with Crippen LogP contribution in [-0.2, 0) is 8.85 Å². The van der Waals surface area contributed by atoms with E-state index in [0.717, 1.165) is 19.1 Å². The van der Waals surface area contributed by atoms with Crippen LogP contribution in [0.15, 0.2) is 0 Å². The van der Waals surface area contributed by atoms with Crippen molar-refractivity contribution in [1.29, 1.82) is 0 Å². The minimum atomic E-state index is -1.52. The highest BCUT2D eigenvalue weighted by molar-refractivity contribution is 6.49. The minimum Gasteiger partial charge on any atom is -0.396 e. The van der Waals surface area contributed by atoms with Crippen molar-refractivity contribution >= 4 is 9.28 Å². The van der Waals surface area contributed by atoms with Crippen LogP contribution in [0.1, 0.15) is 48.0 Å². The summed E-state index contributed by atoms with van der Waals surface area (Å²) >= 11 is 0. The highest BCUT2D eigenvalue weighted by atomic mass is 28.3. The van der Waals surface area contributed by atoms with Crippen molar-refractivity contribution in [2.24, 2.45) is 11.3 Å². The first kappa shape index (κ1) is 13.2. The van der Waals surface area contributed by atoms with E-state index in [1.807, 2.05) is 0 Å². The van der Waals surface area contributed by atoms with Crippen LogP contribution in [0.5, 0.6) is 0 Å². The summed E-state index contributed by atoms with van der Waals surface area (Å²) in [6, 6.07) is 0. The van der Waals surface area contributed by atoms with Gasteiger partial charge in [0.05, 0.1) is 0 Å². The maximum Gasteiger partial charge on any atom is 0.328 e. The maximum atomic E-state index is 5.89. The molecule has 0 spiro atoms. The van der Waals surface area contributed by atoms with Crippen LogP contribution in [0.2, 0.25) is 5.04 Å². The molecule has 1 aliphatic rings. The summed E-state index contributed by atoms with van der Waals surface area (Å²) in [7, 11) is -1.52. The largest absolute Gasteiger partial charge is 0.396 e. The zero-order valence-corrected chi connectivity index (χ0v) is 12.2. The van der Waals surface area contributed by atoms with E-state index in [0.29, 0.717) is 10.5 Å². The first-order valence-corrected chi connectivity index (χ1v) is 7.65. The molecule has 0 amide bonds. The first-order valence-electron chi connectivity index (χ1n) is 6.13. The standard InChI is InChI=1S/C12H26O2Si/c1-7-13-15(14-8-2)12(6)9-10(3)11(12,4)5/h10,15H,7-9H2,1-6H3. The molecule has 3 heteroatoms. The first-order chi connectivity index (χ1) is 6.90. The van der Waals surface area contributed by atoms with Crippen LogP contribution in [-0.4, -0.2) is 22.5 Å². The summed E-state index contributed by atoms with van der Waals surface area (Å²) in [5.41, 5.74) is 0.369. The molecule has 0 heterocycles. The van der Waals surface area contributed by atoms with Crippen molar-refractivity contribution in [1.82, 2.24) is 0 Å². The van der Waals surface area contributed by atoms with E-state index in [4.69, 9.17) is 8.85 Å². The van der Waals surface area contributed by atoms with Gasteiger partial charge >= 0.3 is 9.28 Å². The Morgan fingerprint density at radius 3 is 1.87 bits per heavy atom. The predicted molar refractivity (Wildman–Crippen MR) is 66.3 cm³/mol. The topological polar surface area (TPSA) is 18.5 Å². The average molecular weight is 230 g/mol.